The number of carbonyl (C=O) groups is 2. The number of halogens is 1. The average molecular weight is 406 g/mol. The molecule has 0 fully saturated rings. The number of hydrogen-bond donors (Lipinski definition) is 2. The second-order valence-electron chi connectivity index (χ2n) is 5.57. The van der Waals surface area contributed by atoms with Gasteiger partial charge in [0.1, 0.15) is 0 Å². The van der Waals surface area contributed by atoms with Gasteiger partial charge in [0.2, 0.25) is 5.91 Å². The fourth-order valence-corrected chi connectivity index (χ4v) is 3.84. The molecule has 0 saturated carbocycles. The predicted molar refractivity (Wildman–Crippen MR) is 101 cm³/mol. The van der Waals surface area contributed by atoms with Crippen LogP contribution in [0.4, 0.5) is 5.69 Å². The standard InChI is InChI=1S/C17H16BrN3O2S/c1-10-7-11-8-12(3-4-13(11)19-10)20-16(22)9-21(2)17(23)14-5-6-15(18)24-14/h3-8,19H,9H2,1-2H3,(H,20,22). The molecule has 5 nitrogen and oxygen atoms in total. The number of likely N-dealkylation sites (N-methyl/N-ethyl adjacent to an activating group) is 1. The fraction of sp³-hybridized carbons (Fsp3) is 0.176. The van der Waals surface area contributed by atoms with E-state index in [1.807, 2.05) is 37.3 Å². The Bertz CT molecular complexity index is 916. The van der Waals surface area contributed by atoms with Crippen molar-refractivity contribution in [2.75, 3.05) is 18.9 Å². The number of aromatic amines is 1. The van der Waals surface area contributed by atoms with Crippen molar-refractivity contribution in [3.63, 3.8) is 0 Å². The number of benzene rings is 1. The first-order chi connectivity index (χ1) is 11.4. The van der Waals surface area contributed by atoms with Gasteiger partial charge in [-0.15, -0.1) is 11.3 Å². The number of nitrogens with one attached hydrogen (secondary N) is 2. The highest BCUT2D eigenvalue weighted by Crippen LogP contribution is 2.23. The van der Waals surface area contributed by atoms with Crippen LogP contribution in [0.3, 0.4) is 0 Å². The van der Waals surface area contributed by atoms with E-state index in [4.69, 9.17) is 0 Å². The lowest BCUT2D eigenvalue weighted by Gasteiger charge is -2.16. The third-order valence-electron chi connectivity index (χ3n) is 3.55. The average Bonchev–Trinajstić information content (AvgIpc) is 3.10. The maximum absolute atomic E-state index is 12.3. The Morgan fingerprint density at radius 1 is 1.25 bits per heavy atom. The van der Waals surface area contributed by atoms with Gasteiger partial charge in [0.15, 0.2) is 0 Å². The SMILES string of the molecule is Cc1cc2cc(NC(=O)CN(C)C(=O)c3ccc(Br)s3)ccc2[nH]1. The maximum Gasteiger partial charge on any atom is 0.264 e. The molecule has 2 heterocycles. The van der Waals surface area contributed by atoms with E-state index in [0.717, 1.165) is 20.4 Å². The lowest BCUT2D eigenvalue weighted by molar-refractivity contribution is -0.116. The van der Waals surface area contributed by atoms with Crippen molar-refractivity contribution in [1.82, 2.24) is 9.88 Å². The van der Waals surface area contributed by atoms with Gasteiger partial charge in [-0.1, -0.05) is 0 Å². The summed E-state index contributed by atoms with van der Waals surface area (Å²) in [5.74, 6) is -0.398. The van der Waals surface area contributed by atoms with Crippen LogP contribution in [0.25, 0.3) is 10.9 Å². The summed E-state index contributed by atoms with van der Waals surface area (Å²) in [7, 11) is 1.62. The first-order valence-electron chi connectivity index (χ1n) is 7.32. The number of aryl methyl sites for hydroxylation is 1. The molecular weight excluding hydrogens is 390 g/mol. The van der Waals surface area contributed by atoms with Crippen LogP contribution >= 0.6 is 27.3 Å². The second kappa shape index (κ2) is 6.78. The van der Waals surface area contributed by atoms with Gasteiger partial charge in [0, 0.05) is 29.3 Å². The van der Waals surface area contributed by atoms with Gasteiger partial charge in [-0.05, 0) is 59.3 Å². The molecule has 0 radical (unpaired) electrons. The van der Waals surface area contributed by atoms with Gasteiger partial charge in [0.05, 0.1) is 15.2 Å². The molecular formula is C17H16BrN3O2S. The van der Waals surface area contributed by atoms with E-state index in [2.05, 4.69) is 26.2 Å². The summed E-state index contributed by atoms with van der Waals surface area (Å²) in [6.07, 6.45) is 0. The van der Waals surface area contributed by atoms with E-state index in [-0.39, 0.29) is 18.4 Å². The van der Waals surface area contributed by atoms with Crippen molar-refractivity contribution in [2.45, 2.75) is 6.92 Å². The van der Waals surface area contributed by atoms with Gasteiger partial charge in [-0.2, -0.15) is 0 Å². The lowest BCUT2D eigenvalue weighted by Crippen LogP contribution is -2.34. The summed E-state index contributed by atoms with van der Waals surface area (Å²) in [6, 6.07) is 11.3. The van der Waals surface area contributed by atoms with Gasteiger partial charge in [-0.25, -0.2) is 0 Å². The van der Waals surface area contributed by atoms with Crippen LogP contribution in [0.5, 0.6) is 0 Å². The Labute approximate surface area is 151 Å². The molecule has 3 rings (SSSR count). The van der Waals surface area contributed by atoms with Crippen LogP contribution in [0.1, 0.15) is 15.4 Å². The topological polar surface area (TPSA) is 65.2 Å². The van der Waals surface area contributed by atoms with Crippen molar-refractivity contribution < 1.29 is 9.59 Å². The minimum Gasteiger partial charge on any atom is -0.359 e. The quantitative estimate of drug-likeness (QED) is 0.688. The number of amides is 2. The first-order valence-corrected chi connectivity index (χ1v) is 8.93. The molecule has 0 aliphatic heterocycles. The Morgan fingerprint density at radius 2 is 2.04 bits per heavy atom. The van der Waals surface area contributed by atoms with E-state index in [1.54, 1.807) is 13.1 Å². The van der Waals surface area contributed by atoms with Crippen molar-refractivity contribution in [3.05, 3.63) is 50.8 Å². The maximum atomic E-state index is 12.3. The molecule has 2 amide bonds. The van der Waals surface area contributed by atoms with E-state index in [1.165, 1.54) is 16.2 Å². The molecule has 1 aromatic carbocycles. The zero-order chi connectivity index (χ0) is 17.3. The van der Waals surface area contributed by atoms with E-state index >= 15 is 0 Å². The number of H-pyrrole nitrogens is 1. The molecule has 2 N–H and O–H groups in total. The number of hydrogen-bond acceptors (Lipinski definition) is 3. The molecule has 0 spiro atoms. The third kappa shape index (κ3) is 3.68. The number of aromatic nitrogens is 1. The van der Waals surface area contributed by atoms with E-state index < -0.39 is 0 Å². The Hall–Kier alpha value is -2.12. The molecule has 0 saturated heterocycles. The van der Waals surface area contributed by atoms with Crippen molar-refractivity contribution in [3.8, 4) is 0 Å². The molecule has 0 aliphatic rings. The van der Waals surface area contributed by atoms with Crippen molar-refractivity contribution in [1.29, 1.82) is 0 Å². The van der Waals surface area contributed by atoms with Crippen LogP contribution < -0.4 is 5.32 Å². The van der Waals surface area contributed by atoms with Crippen molar-refractivity contribution in [2.24, 2.45) is 0 Å². The third-order valence-corrected chi connectivity index (χ3v) is 5.16. The monoisotopic (exact) mass is 405 g/mol. The van der Waals surface area contributed by atoms with Crippen molar-refractivity contribution >= 4 is 55.7 Å². The molecule has 0 aliphatic carbocycles. The number of nitrogens with zero attached hydrogens (tertiary/aromatic N) is 1. The fourth-order valence-electron chi connectivity index (χ4n) is 2.46. The second-order valence-corrected chi connectivity index (χ2v) is 8.03. The summed E-state index contributed by atoms with van der Waals surface area (Å²) < 4.78 is 0.888. The largest absolute Gasteiger partial charge is 0.359 e. The summed E-state index contributed by atoms with van der Waals surface area (Å²) in [5.41, 5.74) is 2.81. The highest BCUT2D eigenvalue weighted by Gasteiger charge is 2.16. The van der Waals surface area contributed by atoms with Gasteiger partial charge in [-0.3, -0.25) is 9.59 Å². The Kier molecular flexibility index (Phi) is 4.73. The minimum absolute atomic E-state index is 0.00143. The highest BCUT2D eigenvalue weighted by molar-refractivity contribution is 9.11. The summed E-state index contributed by atoms with van der Waals surface area (Å²) >= 11 is 4.68. The predicted octanol–water partition coefficient (Wildman–Crippen LogP) is 4.01. The van der Waals surface area contributed by atoms with Gasteiger partial charge < -0.3 is 15.2 Å². The summed E-state index contributed by atoms with van der Waals surface area (Å²) in [4.78, 5) is 29.7. The molecule has 0 unspecified atom stereocenters. The van der Waals surface area contributed by atoms with Crippen LogP contribution in [0.2, 0.25) is 0 Å². The molecule has 124 valence electrons. The number of carbonyl (C=O) groups excluding carboxylic acids is 2. The minimum atomic E-state index is -0.229. The van der Waals surface area contributed by atoms with Gasteiger partial charge in [0.25, 0.3) is 5.91 Å². The van der Waals surface area contributed by atoms with E-state index in [9.17, 15) is 9.59 Å². The Balaban J connectivity index is 1.64. The lowest BCUT2D eigenvalue weighted by atomic mass is 10.2. The number of rotatable bonds is 4. The van der Waals surface area contributed by atoms with Crippen LogP contribution in [-0.2, 0) is 4.79 Å². The molecule has 0 atom stereocenters. The normalized spacial score (nSPS) is 10.8. The number of thiophene rings is 1. The summed E-state index contributed by atoms with van der Waals surface area (Å²) in [5, 5.41) is 3.87. The highest BCUT2D eigenvalue weighted by atomic mass is 79.9. The first kappa shape index (κ1) is 16.7. The smallest absolute Gasteiger partial charge is 0.264 e. The van der Waals surface area contributed by atoms with Crippen LogP contribution in [0.15, 0.2) is 40.2 Å². The van der Waals surface area contributed by atoms with E-state index in [0.29, 0.717) is 10.6 Å². The number of fused-ring (bicyclic) bond motifs is 1. The molecule has 2 aromatic heterocycles. The molecule has 0 bridgehead atoms. The van der Waals surface area contributed by atoms with Crippen LogP contribution in [0, 0.1) is 6.92 Å². The summed E-state index contributed by atoms with van der Waals surface area (Å²) in [6.45, 7) is 1.99. The Morgan fingerprint density at radius 3 is 2.75 bits per heavy atom. The van der Waals surface area contributed by atoms with Crippen LogP contribution in [-0.4, -0.2) is 35.3 Å². The molecule has 24 heavy (non-hydrogen) atoms. The molecule has 3 aromatic rings. The number of anilines is 1. The zero-order valence-corrected chi connectivity index (χ0v) is 15.6. The molecule has 7 heteroatoms. The van der Waals surface area contributed by atoms with Gasteiger partial charge >= 0.3 is 0 Å². The zero-order valence-electron chi connectivity index (χ0n) is 13.2.